The maximum absolute atomic E-state index is 13.3. The smallest absolute Gasteiger partial charge is 0.284 e. The van der Waals surface area contributed by atoms with Gasteiger partial charge in [0.25, 0.3) is 5.56 Å². The zero-order valence-electron chi connectivity index (χ0n) is 18.5. The van der Waals surface area contributed by atoms with Gasteiger partial charge < -0.3 is 9.88 Å². The topological polar surface area (TPSA) is 81.8 Å². The highest BCUT2D eigenvalue weighted by Crippen LogP contribution is 2.30. The molecule has 2 aromatic rings. The van der Waals surface area contributed by atoms with E-state index in [2.05, 4.69) is 15.0 Å². The lowest BCUT2D eigenvalue weighted by Crippen LogP contribution is -2.20. The van der Waals surface area contributed by atoms with Crippen molar-refractivity contribution >= 4 is 23.4 Å². The van der Waals surface area contributed by atoms with Crippen LogP contribution in [0.2, 0.25) is 0 Å². The van der Waals surface area contributed by atoms with Crippen LogP contribution in [0.4, 0.5) is 5.69 Å². The monoisotopic (exact) mass is 459 g/mol. The van der Waals surface area contributed by atoms with E-state index in [4.69, 9.17) is 4.98 Å². The lowest BCUT2D eigenvalue weighted by Gasteiger charge is -2.17. The number of rotatable bonds is 5. The van der Waals surface area contributed by atoms with Crippen LogP contribution in [0.3, 0.4) is 0 Å². The molecule has 0 radical (unpaired) electrons. The Labute approximate surface area is 196 Å². The predicted molar refractivity (Wildman–Crippen MR) is 130 cm³/mol. The molecule has 168 valence electrons. The van der Waals surface area contributed by atoms with Crippen molar-refractivity contribution < 1.29 is 4.79 Å². The first kappa shape index (κ1) is 21.5. The summed E-state index contributed by atoms with van der Waals surface area (Å²) in [6, 6.07) is 17.2. The van der Waals surface area contributed by atoms with Crippen molar-refractivity contribution in [3.8, 4) is 17.1 Å². The summed E-state index contributed by atoms with van der Waals surface area (Å²) in [5.41, 5.74) is 4.03. The second-order valence-corrected chi connectivity index (χ2v) is 9.20. The number of benzene rings is 2. The second kappa shape index (κ2) is 9.23. The van der Waals surface area contributed by atoms with Crippen LogP contribution in [0, 0.1) is 6.92 Å². The van der Waals surface area contributed by atoms with Gasteiger partial charge in [-0.25, -0.2) is 4.98 Å². The number of carbonyl (C=O) groups is 1. The van der Waals surface area contributed by atoms with E-state index in [1.54, 1.807) is 0 Å². The average Bonchev–Trinajstić information content (AvgIpc) is 2.97. The Bertz CT molecular complexity index is 1330. The van der Waals surface area contributed by atoms with Gasteiger partial charge in [0.05, 0.1) is 11.4 Å². The molecule has 0 aliphatic carbocycles. The predicted octanol–water partition coefficient (Wildman–Crippen LogP) is 4.30. The van der Waals surface area contributed by atoms with E-state index < -0.39 is 0 Å². The van der Waals surface area contributed by atoms with E-state index in [0.29, 0.717) is 11.4 Å². The van der Waals surface area contributed by atoms with Gasteiger partial charge in [-0.1, -0.05) is 48.5 Å². The molecule has 0 saturated heterocycles. The lowest BCUT2D eigenvalue weighted by molar-refractivity contribution is -0.113. The van der Waals surface area contributed by atoms with Crippen molar-refractivity contribution in [2.45, 2.75) is 44.3 Å². The van der Waals surface area contributed by atoms with Gasteiger partial charge >= 0.3 is 0 Å². The van der Waals surface area contributed by atoms with Crippen molar-refractivity contribution in [1.82, 2.24) is 19.3 Å². The minimum Gasteiger partial charge on any atom is -0.325 e. The molecule has 3 aliphatic heterocycles. The minimum absolute atomic E-state index is 0.0882. The Morgan fingerprint density at radius 2 is 1.94 bits per heavy atom. The summed E-state index contributed by atoms with van der Waals surface area (Å²) in [6.07, 6.45) is 3.95. The molecule has 0 fully saturated rings. The Kier molecular flexibility index (Phi) is 6.00. The summed E-state index contributed by atoms with van der Waals surface area (Å²) in [6.45, 7) is 2.78. The van der Waals surface area contributed by atoms with E-state index in [1.807, 2.05) is 61.5 Å². The normalized spacial score (nSPS) is 13.5. The van der Waals surface area contributed by atoms with Crippen LogP contribution in [0.25, 0.3) is 17.1 Å². The van der Waals surface area contributed by atoms with Gasteiger partial charge in [-0.15, -0.1) is 5.10 Å². The zero-order valence-corrected chi connectivity index (χ0v) is 19.3. The quantitative estimate of drug-likeness (QED) is 0.355. The van der Waals surface area contributed by atoms with Crippen molar-refractivity contribution in [3.05, 3.63) is 76.2 Å². The standard InChI is InChI=1S/C25H25N5O2S/c1-17-9-8-10-18(15-17)26-21(31)16-33-25-27-23-22(20-13-6-3-7-14-29(20)25)24(32)30(28-23)19-11-4-2-5-12-19/h2,4-5,8-12,15H,3,6-7,13-14,16H2,1H3,(H,26,31). The fourth-order valence-corrected chi connectivity index (χ4v) is 5.10. The first-order valence-corrected chi connectivity index (χ1v) is 12.2. The molecule has 0 atom stereocenters. The molecule has 3 heterocycles. The highest BCUT2D eigenvalue weighted by Gasteiger charge is 2.27. The average molecular weight is 460 g/mol. The molecule has 0 bridgehead atoms. The number of aryl methyl sites for hydroxylation is 1. The number of hydrogen-bond acceptors (Lipinski definition) is 5. The zero-order chi connectivity index (χ0) is 22.8. The Morgan fingerprint density at radius 3 is 2.76 bits per heavy atom. The Balaban J connectivity index is 1.48. The number of fused-ring (bicyclic) bond motifs is 3. The van der Waals surface area contributed by atoms with Crippen LogP contribution in [0.1, 0.15) is 30.5 Å². The van der Waals surface area contributed by atoms with Crippen molar-refractivity contribution in [3.63, 3.8) is 0 Å². The Hall–Kier alpha value is -3.39. The first-order valence-electron chi connectivity index (χ1n) is 11.2. The molecule has 2 aromatic carbocycles. The molecule has 0 saturated carbocycles. The largest absolute Gasteiger partial charge is 0.325 e. The Morgan fingerprint density at radius 1 is 1.09 bits per heavy atom. The summed E-state index contributed by atoms with van der Waals surface area (Å²) < 4.78 is 3.56. The number of hydrogen-bond donors (Lipinski definition) is 1. The molecule has 8 heteroatoms. The molecule has 1 amide bonds. The maximum Gasteiger partial charge on any atom is 0.284 e. The molecule has 7 nitrogen and oxygen atoms in total. The highest BCUT2D eigenvalue weighted by molar-refractivity contribution is 7.99. The molecule has 33 heavy (non-hydrogen) atoms. The number of amides is 1. The summed E-state index contributed by atoms with van der Waals surface area (Å²) >= 11 is 1.39. The number of anilines is 1. The van der Waals surface area contributed by atoms with E-state index in [1.165, 1.54) is 16.4 Å². The van der Waals surface area contributed by atoms with Crippen LogP contribution in [-0.2, 0) is 17.8 Å². The molecule has 3 aliphatic rings. The third kappa shape index (κ3) is 4.43. The number of para-hydroxylation sites is 1. The number of nitrogens with zero attached hydrogens (tertiary/aromatic N) is 4. The number of thioether (sulfide) groups is 1. The second-order valence-electron chi connectivity index (χ2n) is 8.26. The third-order valence-corrected chi connectivity index (χ3v) is 6.78. The summed E-state index contributed by atoms with van der Waals surface area (Å²) in [4.78, 5) is 30.6. The summed E-state index contributed by atoms with van der Waals surface area (Å²) in [7, 11) is 0. The summed E-state index contributed by atoms with van der Waals surface area (Å²) in [5.74, 6) is 0.587. The molecule has 1 N–H and O–H groups in total. The number of aromatic nitrogens is 4. The minimum atomic E-state index is -0.136. The maximum atomic E-state index is 13.3. The van der Waals surface area contributed by atoms with Gasteiger partial charge in [-0.05, 0) is 56.0 Å². The van der Waals surface area contributed by atoms with Gasteiger partial charge in [0.15, 0.2) is 11.0 Å². The van der Waals surface area contributed by atoms with Gasteiger partial charge in [0.2, 0.25) is 5.91 Å². The first-order chi connectivity index (χ1) is 16.1. The molecular weight excluding hydrogens is 434 g/mol. The van der Waals surface area contributed by atoms with E-state index in [9.17, 15) is 9.59 Å². The molecular formula is C25H25N5O2S. The summed E-state index contributed by atoms with van der Waals surface area (Å²) in [5, 5.41) is 8.24. The number of nitrogens with one attached hydrogen (secondary N) is 1. The molecule has 0 spiro atoms. The SMILES string of the molecule is Cc1cccc(NC(=O)CSc2nc3nn(-c4ccccc4)c(=O)c-3c3n2CCCCC3)c1. The van der Waals surface area contributed by atoms with Crippen LogP contribution in [-0.4, -0.2) is 31.0 Å². The van der Waals surface area contributed by atoms with Gasteiger partial charge in [-0.2, -0.15) is 4.68 Å². The molecule has 5 rings (SSSR count). The van der Waals surface area contributed by atoms with E-state index in [-0.39, 0.29) is 17.2 Å². The van der Waals surface area contributed by atoms with Gasteiger partial charge in [-0.3, -0.25) is 9.59 Å². The lowest BCUT2D eigenvalue weighted by atomic mass is 10.1. The van der Waals surface area contributed by atoms with Gasteiger partial charge in [0.1, 0.15) is 5.56 Å². The van der Waals surface area contributed by atoms with E-state index in [0.717, 1.165) is 60.0 Å². The van der Waals surface area contributed by atoms with Gasteiger partial charge in [0, 0.05) is 17.9 Å². The highest BCUT2D eigenvalue weighted by atomic mass is 32.2. The molecule has 0 unspecified atom stereocenters. The van der Waals surface area contributed by atoms with Crippen molar-refractivity contribution in [2.24, 2.45) is 0 Å². The van der Waals surface area contributed by atoms with E-state index >= 15 is 0 Å². The third-order valence-electron chi connectivity index (χ3n) is 5.80. The van der Waals surface area contributed by atoms with Crippen LogP contribution >= 0.6 is 11.8 Å². The number of carbonyl (C=O) groups excluding carboxylic acids is 1. The van der Waals surface area contributed by atoms with Crippen LogP contribution < -0.4 is 10.9 Å². The molecule has 0 aromatic heterocycles. The fourth-order valence-electron chi connectivity index (χ4n) is 4.26. The fraction of sp³-hybridized carbons (Fsp3) is 0.280. The van der Waals surface area contributed by atoms with Crippen LogP contribution in [0.5, 0.6) is 0 Å². The van der Waals surface area contributed by atoms with Crippen LogP contribution in [0.15, 0.2) is 64.5 Å². The van der Waals surface area contributed by atoms with Crippen molar-refractivity contribution in [1.29, 1.82) is 0 Å². The van der Waals surface area contributed by atoms with Crippen molar-refractivity contribution in [2.75, 3.05) is 11.1 Å².